The molecule has 0 saturated heterocycles. The van der Waals surface area contributed by atoms with Crippen LogP contribution in [0.5, 0.6) is 5.75 Å². The maximum absolute atomic E-state index is 5.64. The molecule has 0 radical (unpaired) electrons. The first-order valence-corrected chi connectivity index (χ1v) is 6.28. The fourth-order valence-electron chi connectivity index (χ4n) is 1.49. The SMILES string of the molecule is CC(C)NCCN(C)CCOc1ccccc1. The molecule has 0 heterocycles. The Labute approximate surface area is 105 Å². The van der Waals surface area contributed by atoms with E-state index >= 15 is 0 Å². The molecule has 3 nitrogen and oxygen atoms in total. The van der Waals surface area contributed by atoms with Crippen LogP contribution in [0.2, 0.25) is 0 Å². The standard InChI is InChI=1S/C14H24N2O/c1-13(2)15-9-10-16(3)11-12-17-14-7-5-4-6-8-14/h4-8,13,15H,9-12H2,1-3H3. The van der Waals surface area contributed by atoms with Gasteiger partial charge in [0.1, 0.15) is 12.4 Å². The van der Waals surface area contributed by atoms with Crippen molar-refractivity contribution in [1.29, 1.82) is 0 Å². The number of para-hydroxylation sites is 1. The van der Waals surface area contributed by atoms with Gasteiger partial charge in [-0.05, 0) is 19.2 Å². The van der Waals surface area contributed by atoms with Crippen molar-refractivity contribution in [3.05, 3.63) is 30.3 Å². The molecule has 0 amide bonds. The first kappa shape index (κ1) is 14.0. The van der Waals surface area contributed by atoms with Crippen molar-refractivity contribution in [2.75, 3.05) is 33.3 Å². The van der Waals surface area contributed by atoms with E-state index in [-0.39, 0.29) is 0 Å². The van der Waals surface area contributed by atoms with E-state index < -0.39 is 0 Å². The van der Waals surface area contributed by atoms with Gasteiger partial charge in [-0.25, -0.2) is 0 Å². The molecule has 0 aliphatic carbocycles. The van der Waals surface area contributed by atoms with E-state index in [4.69, 9.17) is 4.74 Å². The lowest BCUT2D eigenvalue weighted by Gasteiger charge is -2.18. The predicted octanol–water partition coefficient (Wildman–Crippen LogP) is 2.00. The number of ether oxygens (including phenoxy) is 1. The van der Waals surface area contributed by atoms with Crippen molar-refractivity contribution in [1.82, 2.24) is 10.2 Å². The van der Waals surface area contributed by atoms with Crippen molar-refractivity contribution in [3.8, 4) is 5.75 Å². The summed E-state index contributed by atoms with van der Waals surface area (Å²) in [6.45, 7) is 8.10. The molecule has 0 unspecified atom stereocenters. The van der Waals surface area contributed by atoms with Crippen molar-refractivity contribution >= 4 is 0 Å². The second-order valence-corrected chi connectivity index (χ2v) is 4.57. The van der Waals surface area contributed by atoms with Crippen molar-refractivity contribution in [2.45, 2.75) is 19.9 Å². The molecular weight excluding hydrogens is 212 g/mol. The van der Waals surface area contributed by atoms with Gasteiger partial charge >= 0.3 is 0 Å². The number of rotatable bonds is 8. The predicted molar refractivity (Wildman–Crippen MR) is 72.6 cm³/mol. The number of nitrogens with one attached hydrogen (secondary N) is 1. The molecule has 1 N–H and O–H groups in total. The molecule has 17 heavy (non-hydrogen) atoms. The van der Waals surface area contributed by atoms with E-state index in [0.717, 1.165) is 32.0 Å². The van der Waals surface area contributed by atoms with Gasteiger partial charge in [-0.1, -0.05) is 32.0 Å². The van der Waals surface area contributed by atoms with Crippen LogP contribution < -0.4 is 10.1 Å². The molecule has 0 saturated carbocycles. The van der Waals surface area contributed by atoms with E-state index in [9.17, 15) is 0 Å². The Balaban J connectivity index is 2.06. The Morgan fingerprint density at radius 3 is 2.53 bits per heavy atom. The third kappa shape index (κ3) is 6.97. The number of nitrogens with zero attached hydrogens (tertiary/aromatic N) is 1. The molecule has 0 atom stereocenters. The Bertz CT molecular complexity index is 288. The number of benzene rings is 1. The highest BCUT2D eigenvalue weighted by Crippen LogP contribution is 2.07. The fourth-order valence-corrected chi connectivity index (χ4v) is 1.49. The summed E-state index contributed by atoms with van der Waals surface area (Å²) in [5.74, 6) is 0.946. The first-order chi connectivity index (χ1) is 8.18. The molecule has 1 aromatic rings. The molecule has 96 valence electrons. The highest BCUT2D eigenvalue weighted by molar-refractivity contribution is 5.20. The Kier molecular flexibility index (Phi) is 6.67. The van der Waals surface area contributed by atoms with Crippen molar-refractivity contribution in [2.24, 2.45) is 0 Å². The quantitative estimate of drug-likeness (QED) is 0.747. The van der Waals surface area contributed by atoms with E-state index in [0.29, 0.717) is 6.04 Å². The van der Waals surface area contributed by atoms with E-state index in [1.54, 1.807) is 0 Å². The van der Waals surface area contributed by atoms with Gasteiger partial charge in [0.05, 0.1) is 0 Å². The van der Waals surface area contributed by atoms with Crippen LogP contribution in [0, 0.1) is 0 Å². The average molecular weight is 236 g/mol. The van der Waals surface area contributed by atoms with Gasteiger partial charge in [0.15, 0.2) is 0 Å². The lowest BCUT2D eigenvalue weighted by molar-refractivity contribution is 0.236. The van der Waals surface area contributed by atoms with Crippen LogP contribution in [0.15, 0.2) is 30.3 Å². The highest BCUT2D eigenvalue weighted by Gasteiger charge is 1.99. The van der Waals surface area contributed by atoms with Gasteiger partial charge in [0, 0.05) is 25.7 Å². The zero-order valence-corrected chi connectivity index (χ0v) is 11.1. The smallest absolute Gasteiger partial charge is 0.119 e. The molecule has 0 aliphatic rings. The van der Waals surface area contributed by atoms with Crippen LogP contribution >= 0.6 is 0 Å². The number of hydrogen-bond acceptors (Lipinski definition) is 3. The second-order valence-electron chi connectivity index (χ2n) is 4.57. The Morgan fingerprint density at radius 1 is 1.18 bits per heavy atom. The van der Waals surface area contributed by atoms with Crippen molar-refractivity contribution < 1.29 is 4.74 Å². The molecule has 0 bridgehead atoms. The highest BCUT2D eigenvalue weighted by atomic mass is 16.5. The maximum Gasteiger partial charge on any atom is 0.119 e. The Hall–Kier alpha value is -1.06. The minimum Gasteiger partial charge on any atom is -0.492 e. The van der Waals surface area contributed by atoms with E-state index in [1.165, 1.54) is 0 Å². The van der Waals surface area contributed by atoms with Crippen LogP contribution in [-0.4, -0.2) is 44.2 Å². The molecule has 1 rings (SSSR count). The maximum atomic E-state index is 5.64. The third-order valence-electron chi connectivity index (χ3n) is 2.53. The summed E-state index contributed by atoms with van der Waals surface area (Å²) in [4.78, 5) is 2.28. The summed E-state index contributed by atoms with van der Waals surface area (Å²) in [6.07, 6.45) is 0. The molecular formula is C14H24N2O. The lowest BCUT2D eigenvalue weighted by Crippen LogP contribution is -2.34. The van der Waals surface area contributed by atoms with Crippen LogP contribution in [0.4, 0.5) is 0 Å². The molecule has 0 aliphatic heterocycles. The van der Waals surface area contributed by atoms with Crippen LogP contribution in [0.1, 0.15) is 13.8 Å². The summed E-state index contributed by atoms with van der Waals surface area (Å²) in [5.41, 5.74) is 0. The first-order valence-electron chi connectivity index (χ1n) is 6.28. The molecule has 0 aromatic heterocycles. The normalized spacial score (nSPS) is 11.1. The summed E-state index contributed by atoms with van der Waals surface area (Å²) in [7, 11) is 2.12. The summed E-state index contributed by atoms with van der Waals surface area (Å²) in [6, 6.07) is 10.5. The average Bonchev–Trinajstić information content (AvgIpc) is 2.30. The van der Waals surface area contributed by atoms with Gasteiger partial charge in [-0.2, -0.15) is 0 Å². The van der Waals surface area contributed by atoms with E-state index in [1.807, 2.05) is 30.3 Å². The van der Waals surface area contributed by atoms with Crippen LogP contribution in [0.3, 0.4) is 0 Å². The minimum absolute atomic E-state index is 0.559. The molecule has 0 fully saturated rings. The second kappa shape index (κ2) is 8.09. The van der Waals surface area contributed by atoms with E-state index in [2.05, 4.69) is 31.1 Å². The Morgan fingerprint density at radius 2 is 1.88 bits per heavy atom. The molecule has 1 aromatic carbocycles. The number of hydrogen-bond donors (Lipinski definition) is 1. The monoisotopic (exact) mass is 236 g/mol. The topological polar surface area (TPSA) is 24.5 Å². The van der Waals surface area contributed by atoms with Gasteiger partial charge in [0.25, 0.3) is 0 Å². The lowest BCUT2D eigenvalue weighted by atomic mass is 10.3. The molecule has 0 spiro atoms. The van der Waals surface area contributed by atoms with Crippen molar-refractivity contribution in [3.63, 3.8) is 0 Å². The zero-order valence-electron chi connectivity index (χ0n) is 11.1. The van der Waals surface area contributed by atoms with Crippen LogP contribution in [0.25, 0.3) is 0 Å². The third-order valence-corrected chi connectivity index (χ3v) is 2.53. The van der Waals surface area contributed by atoms with Gasteiger partial charge in [0.2, 0.25) is 0 Å². The van der Waals surface area contributed by atoms with Gasteiger partial charge in [-0.3, -0.25) is 0 Å². The summed E-state index contributed by atoms with van der Waals surface area (Å²) < 4.78 is 5.64. The summed E-state index contributed by atoms with van der Waals surface area (Å²) >= 11 is 0. The minimum atomic E-state index is 0.559. The molecule has 3 heteroatoms. The van der Waals surface area contributed by atoms with Crippen LogP contribution in [-0.2, 0) is 0 Å². The fraction of sp³-hybridized carbons (Fsp3) is 0.571. The zero-order chi connectivity index (χ0) is 12.5. The van der Waals surface area contributed by atoms with Gasteiger partial charge in [-0.15, -0.1) is 0 Å². The summed E-state index contributed by atoms with van der Waals surface area (Å²) in [5, 5.41) is 3.40. The largest absolute Gasteiger partial charge is 0.492 e. The van der Waals surface area contributed by atoms with Gasteiger partial charge < -0.3 is 15.0 Å². The number of likely N-dealkylation sites (N-methyl/N-ethyl adjacent to an activating group) is 1.